The van der Waals surface area contributed by atoms with Gasteiger partial charge >= 0.3 is 0 Å². The minimum atomic E-state index is -0.111. The van der Waals surface area contributed by atoms with Crippen molar-refractivity contribution in [1.82, 2.24) is 10.3 Å². The highest BCUT2D eigenvalue weighted by atomic mass is 32.2. The Balaban J connectivity index is 1.50. The molecular weight excluding hydrogens is 286 g/mol. The lowest BCUT2D eigenvalue weighted by Gasteiger charge is -2.08. The van der Waals surface area contributed by atoms with Crippen molar-refractivity contribution in [3.8, 4) is 0 Å². The van der Waals surface area contributed by atoms with E-state index in [0.29, 0.717) is 12.1 Å². The number of allylic oxidation sites excluding steroid dienone is 4. The van der Waals surface area contributed by atoms with Crippen LogP contribution in [0.2, 0.25) is 0 Å². The lowest BCUT2D eigenvalue weighted by Crippen LogP contribution is -2.25. The highest BCUT2D eigenvalue weighted by Gasteiger charge is 2.24. The molecule has 0 spiro atoms. The average molecular weight is 299 g/mol. The molecule has 0 fully saturated rings. The third-order valence-corrected chi connectivity index (χ3v) is 4.29. The number of thioether (sulfide) groups is 1. The maximum absolute atomic E-state index is 11.9. The first-order valence-electron chi connectivity index (χ1n) is 6.59. The third kappa shape index (κ3) is 3.28. The maximum atomic E-state index is 11.9. The van der Waals surface area contributed by atoms with Crippen LogP contribution in [-0.4, -0.2) is 34.3 Å². The van der Waals surface area contributed by atoms with Crippen LogP contribution < -0.4 is 5.32 Å². The van der Waals surface area contributed by atoms with E-state index in [-0.39, 0.29) is 17.1 Å². The summed E-state index contributed by atoms with van der Waals surface area (Å²) in [6.07, 6.45) is 8.79. The summed E-state index contributed by atoms with van der Waals surface area (Å²) in [6.45, 7) is 0.542. The number of ketones is 1. The van der Waals surface area contributed by atoms with Gasteiger partial charge in [-0.15, -0.1) is 0 Å². The minimum Gasteiger partial charge on any atom is -0.352 e. The quantitative estimate of drug-likeness (QED) is 0.860. The summed E-state index contributed by atoms with van der Waals surface area (Å²) in [5, 5.41) is 2.92. The van der Waals surface area contributed by atoms with Crippen molar-refractivity contribution in [2.24, 2.45) is 4.99 Å². The predicted molar refractivity (Wildman–Crippen MR) is 82.2 cm³/mol. The normalized spacial score (nSPS) is 19.8. The largest absolute Gasteiger partial charge is 0.352 e. The van der Waals surface area contributed by atoms with Crippen molar-refractivity contribution in [3.05, 3.63) is 53.2 Å². The zero-order valence-corrected chi connectivity index (χ0v) is 12.0. The van der Waals surface area contributed by atoms with Gasteiger partial charge < -0.3 is 5.32 Å². The molecule has 1 aromatic heterocycles. The predicted octanol–water partition coefficient (Wildman–Crippen LogP) is 1.74. The van der Waals surface area contributed by atoms with Crippen molar-refractivity contribution in [1.29, 1.82) is 0 Å². The molecule has 3 rings (SSSR count). The summed E-state index contributed by atoms with van der Waals surface area (Å²) < 4.78 is 0. The lowest BCUT2D eigenvalue weighted by atomic mass is 10.1. The first-order valence-corrected chi connectivity index (χ1v) is 7.47. The number of carbonyl (C=O) groups excluding carboxylic acids is 2. The number of pyridine rings is 1. The molecule has 1 aliphatic heterocycles. The van der Waals surface area contributed by atoms with E-state index in [1.807, 2.05) is 0 Å². The Hall–Kier alpha value is -2.21. The van der Waals surface area contributed by atoms with Crippen LogP contribution in [-0.2, 0) is 4.79 Å². The second-order valence-corrected chi connectivity index (χ2v) is 5.83. The Labute approximate surface area is 126 Å². The molecule has 1 N–H and O–H groups in total. The molecule has 1 unspecified atom stereocenters. The molecule has 2 aliphatic rings. The Morgan fingerprint density at radius 3 is 2.90 bits per heavy atom. The third-order valence-electron chi connectivity index (χ3n) is 3.10. The topological polar surface area (TPSA) is 71.4 Å². The van der Waals surface area contributed by atoms with E-state index in [2.05, 4.69) is 15.3 Å². The van der Waals surface area contributed by atoms with E-state index in [9.17, 15) is 9.59 Å². The molecule has 106 valence electrons. The Morgan fingerprint density at radius 2 is 2.10 bits per heavy atom. The van der Waals surface area contributed by atoms with Crippen molar-refractivity contribution >= 4 is 29.2 Å². The SMILES string of the molecule is O=C1C=CC2=NC(CCNC(=O)c3ccncc3)SC2=C1. The second kappa shape index (κ2) is 6.05. The molecule has 5 nitrogen and oxygen atoms in total. The molecule has 0 saturated heterocycles. The maximum Gasteiger partial charge on any atom is 0.251 e. The summed E-state index contributed by atoms with van der Waals surface area (Å²) in [7, 11) is 0. The van der Waals surface area contributed by atoms with Crippen LogP contribution in [0.25, 0.3) is 0 Å². The number of aliphatic imine (C=N–C) groups is 1. The van der Waals surface area contributed by atoms with Crippen molar-refractivity contribution < 1.29 is 9.59 Å². The Bertz CT molecular complexity index is 665. The molecule has 1 aromatic rings. The van der Waals surface area contributed by atoms with Crippen LogP contribution in [0.4, 0.5) is 0 Å². The van der Waals surface area contributed by atoms with Gasteiger partial charge in [-0.2, -0.15) is 0 Å². The van der Waals surface area contributed by atoms with Crippen molar-refractivity contribution in [3.63, 3.8) is 0 Å². The van der Waals surface area contributed by atoms with E-state index in [1.54, 1.807) is 48.4 Å². The summed E-state index contributed by atoms with van der Waals surface area (Å²) in [5.41, 5.74) is 1.46. The molecule has 0 radical (unpaired) electrons. The van der Waals surface area contributed by atoms with Gasteiger partial charge in [0.25, 0.3) is 5.91 Å². The van der Waals surface area contributed by atoms with Crippen LogP contribution in [0.1, 0.15) is 16.8 Å². The van der Waals surface area contributed by atoms with E-state index >= 15 is 0 Å². The molecule has 0 bridgehead atoms. The monoisotopic (exact) mass is 299 g/mol. The second-order valence-electron chi connectivity index (χ2n) is 4.61. The molecule has 1 amide bonds. The van der Waals surface area contributed by atoms with Crippen LogP contribution in [0.3, 0.4) is 0 Å². The van der Waals surface area contributed by atoms with Crippen molar-refractivity contribution in [2.75, 3.05) is 6.54 Å². The fraction of sp³-hybridized carbons (Fsp3) is 0.200. The summed E-state index contributed by atoms with van der Waals surface area (Å²) in [4.78, 5) is 32.5. The molecule has 1 aliphatic carbocycles. The number of hydrogen-bond acceptors (Lipinski definition) is 5. The van der Waals surface area contributed by atoms with Crippen LogP contribution in [0.15, 0.2) is 52.7 Å². The van der Waals surface area contributed by atoms with Gasteiger partial charge in [-0.25, -0.2) is 0 Å². The highest BCUT2D eigenvalue weighted by Crippen LogP contribution is 2.34. The van der Waals surface area contributed by atoms with E-state index in [1.165, 1.54) is 6.08 Å². The number of hydrogen-bond donors (Lipinski definition) is 1. The van der Waals surface area contributed by atoms with Crippen LogP contribution in [0, 0.1) is 0 Å². The summed E-state index contributed by atoms with van der Waals surface area (Å²) >= 11 is 1.57. The van der Waals surface area contributed by atoms with Gasteiger partial charge in [-0.05, 0) is 30.7 Å². The zero-order valence-electron chi connectivity index (χ0n) is 11.2. The number of nitrogens with zero attached hydrogens (tertiary/aromatic N) is 2. The molecular formula is C15H13N3O2S. The Kier molecular flexibility index (Phi) is 3.96. The van der Waals surface area contributed by atoms with Gasteiger partial charge in [0.15, 0.2) is 5.78 Å². The summed E-state index contributed by atoms with van der Waals surface area (Å²) in [5.74, 6) is -0.108. The number of rotatable bonds is 4. The number of amides is 1. The van der Waals surface area contributed by atoms with Crippen LogP contribution in [0.5, 0.6) is 0 Å². The highest BCUT2D eigenvalue weighted by molar-refractivity contribution is 8.05. The van der Waals surface area contributed by atoms with Crippen LogP contribution >= 0.6 is 11.8 Å². The van der Waals surface area contributed by atoms with Gasteiger partial charge in [0.1, 0.15) is 5.37 Å². The fourth-order valence-corrected chi connectivity index (χ4v) is 3.18. The van der Waals surface area contributed by atoms with E-state index in [4.69, 9.17) is 0 Å². The van der Waals surface area contributed by atoms with E-state index in [0.717, 1.165) is 17.0 Å². The standard InChI is InChI=1S/C15H13N3O2S/c19-11-1-2-12-13(9-11)21-14(18-12)5-8-17-15(20)10-3-6-16-7-4-10/h1-4,6-7,9,14H,5,8H2,(H,17,20). The van der Waals surface area contributed by atoms with Gasteiger partial charge in [-0.3, -0.25) is 19.6 Å². The number of fused-ring (bicyclic) bond motifs is 1. The van der Waals surface area contributed by atoms with E-state index < -0.39 is 0 Å². The molecule has 6 heteroatoms. The zero-order chi connectivity index (χ0) is 14.7. The molecule has 0 saturated carbocycles. The number of aromatic nitrogens is 1. The first kappa shape index (κ1) is 13.8. The molecule has 1 atom stereocenters. The van der Waals surface area contributed by atoms with Gasteiger partial charge in [0.05, 0.1) is 5.71 Å². The lowest BCUT2D eigenvalue weighted by molar-refractivity contribution is -0.110. The number of nitrogens with one attached hydrogen (secondary N) is 1. The van der Waals surface area contributed by atoms with Crippen molar-refractivity contribution in [2.45, 2.75) is 11.8 Å². The minimum absolute atomic E-state index is 0.00286. The molecule has 2 heterocycles. The smallest absolute Gasteiger partial charge is 0.251 e. The number of carbonyl (C=O) groups is 2. The Morgan fingerprint density at radius 1 is 1.29 bits per heavy atom. The first-order chi connectivity index (χ1) is 10.2. The molecule has 0 aromatic carbocycles. The molecule has 21 heavy (non-hydrogen) atoms. The van der Waals surface area contributed by atoms with Gasteiger partial charge in [0, 0.05) is 35.5 Å². The van der Waals surface area contributed by atoms with Gasteiger partial charge in [0.2, 0.25) is 0 Å². The average Bonchev–Trinajstić information content (AvgIpc) is 2.89. The van der Waals surface area contributed by atoms with Gasteiger partial charge in [-0.1, -0.05) is 11.8 Å². The fourth-order valence-electron chi connectivity index (χ4n) is 2.06. The summed E-state index contributed by atoms with van der Waals surface area (Å²) in [6, 6.07) is 3.35.